The van der Waals surface area contributed by atoms with Gasteiger partial charge in [-0.15, -0.1) is 0 Å². The van der Waals surface area contributed by atoms with Crippen molar-refractivity contribution in [3.8, 4) is 0 Å². The lowest BCUT2D eigenvalue weighted by molar-refractivity contribution is -0.419. The number of aliphatic carboxylic acids is 1. The van der Waals surface area contributed by atoms with Crippen molar-refractivity contribution in [2.75, 3.05) is 0 Å². The van der Waals surface area contributed by atoms with E-state index in [-0.39, 0.29) is 11.3 Å². The first-order chi connectivity index (χ1) is 12.5. The summed E-state index contributed by atoms with van der Waals surface area (Å²) >= 11 is 0. The van der Waals surface area contributed by atoms with Crippen LogP contribution in [0.5, 0.6) is 0 Å². The third-order valence-corrected chi connectivity index (χ3v) is 3.81. The number of aromatic carboxylic acids is 1. The van der Waals surface area contributed by atoms with Crippen molar-refractivity contribution in [1.82, 2.24) is 0 Å². The van der Waals surface area contributed by atoms with E-state index in [1.54, 1.807) is 0 Å². The Labute approximate surface area is 151 Å². The van der Waals surface area contributed by atoms with Crippen molar-refractivity contribution in [3.05, 3.63) is 74.0 Å². The number of nitro groups is 2. The molecule has 0 heterocycles. The van der Waals surface area contributed by atoms with Gasteiger partial charge in [0, 0.05) is 24.3 Å². The van der Waals surface area contributed by atoms with E-state index in [1.807, 2.05) is 0 Å². The topological polar surface area (TPSA) is 195 Å². The second-order valence-electron chi connectivity index (χ2n) is 4.75. The van der Waals surface area contributed by atoms with Crippen LogP contribution < -0.4 is 0 Å². The quantitative estimate of drug-likeness (QED) is 0.415. The smallest absolute Gasteiger partial charge is 0.335 e. The predicted octanol–water partition coefficient (Wildman–Crippen LogP) is 0.762. The molecule has 0 bridgehead atoms. The maximum absolute atomic E-state index is 10.6. The Hall–Kier alpha value is -3.87. The molecule has 0 aromatic heterocycles. The van der Waals surface area contributed by atoms with E-state index in [9.17, 15) is 38.2 Å². The zero-order valence-electron chi connectivity index (χ0n) is 13.1. The van der Waals surface area contributed by atoms with Gasteiger partial charge in [0.15, 0.2) is 0 Å². The van der Waals surface area contributed by atoms with Gasteiger partial charge in [-0.1, -0.05) is 6.07 Å². The summed E-state index contributed by atoms with van der Waals surface area (Å²) in [5.41, 5.74) is -0.726. The molecule has 0 spiro atoms. The first kappa shape index (κ1) is 21.2. The molecule has 142 valence electrons. The van der Waals surface area contributed by atoms with E-state index in [4.69, 9.17) is 10.2 Å². The van der Waals surface area contributed by atoms with E-state index in [0.29, 0.717) is 0 Å². The van der Waals surface area contributed by atoms with Crippen LogP contribution in [0.25, 0.3) is 0 Å². The molecule has 1 aliphatic carbocycles. The molecular weight excluding hydrogens is 388 g/mol. The highest BCUT2D eigenvalue weighted by Gasteiger charge is 2.28. The van der Waals surface area contributed by atoms with E-state index in [2.05, 4.69) is 0 Å². The minimum atomic E-state index is -2.70. The molecule has 0 amide bonds. The largest absolute Gasteiger partial charge is 0.481 e. The summed E-state index contributed by atoms with van der Waals surface area (Å²) in [4.78, 5) is 39.7. The van der Waals surface area contributed by atoms with Gasteiger partial charge in [0.25, 0.3) is 11.4 Å². The maximum atomic E-state index is 10.6. The van der Waals surface area contributed by atoms with Crippen molar-refractivity contribution < 1.29 is 38.1 Å². The molecule has 1 aromatic carbocycles. The molecule has 1 aliphatic rings. The van der Waals surface area contributed by atoms with Gasteiger partial charge in [0.2, 0.25) is 10.3 Å². The number of nitro benzene ring substituents is 1. The lowest BCUT2D eigenvalue weighted by Crippen LogP contribution is -2.24. The number of benzene rings is 1. The standard InChI is InChI=1S/C7H5NO6S.C7H5NO4/c9-7(10)5-3-4(8(11)12)1-2-6(5)15(13)14;9-7(10)5-2-1-3-6(4-5)8(11)12/h1-3,5H,(H,9,10);1-4H,(H,9,10). The Bertz CT molecular complexity index is 969. The van der Waals surface area contributed by atoms with Gasteiger partial charge in [-0.05, 0) is 12.1 Å². The Morgan fingerprint density at radius 1 is 1.04 bits per heavy atom. The molecule has 0 aliphatic heterocycles. The summed E-state index contributed by atoms with van der Waals surface area (Å²) in [5.74, 6) is -4.11. The number of nitrogens with zero attached hydrogens (tertiary/aromatic N) is 2. The molecule has 13 heteroatoms. The number of carbonyl (C=O) groups is 2. The summed E-state index contributed by atoms with van der Waals surface area (Å²) in [6.45, 7) is 0. The zero-order valence-corrected chi connectivity index (χ0v) is 13.9. The van der Waals surface area contributed by atoms with E-state index in [0.717, 1.165) is 24.3 Å². The number of non-ortho nitro benzene ring substituents is 1. The summed E-state index contributed by atoms with van der Waals surface area (Å²) < 4.78 is 21.2. The van der Waals surface area contributed by atoms with Gasteiger partial charge < -0.3 is 10.2 Å². The first-order valence-electron chi connectivity index (χ1n) is 6.75. The molecule has 2 N–H and O–H groups in total. The van der Waals surface area contributed by atoms with Gasteiger partial charge in [-0.3, -0.25) is 25.0 Å². The Morgan fingerprint density at radius 2 is 1.67 bits per heavy atom. The Kier molecular flexibility index (Phi) is 7.06. The first-order valence-corrected chi connectivity index (χ1v) is 7.83. The zero-order chi connectivity index (χ0) is 20.7. The van der Waals surface area contributed by atoms with Crippen LogP contribution in [0, 0.1) is 26.1 Å². The second-order valence-corrected chi connectivity index (χ2v) is 5.69. The molecule has 0 radical (unpaired) electrons. The molecule has 0 saturated carbocycles. The molecule has 1 aromatic rings. The molecule has 0 saturated heterocycles. The predicted molar refractivity (Wildman–Crippen MR) is 89.3 cm³/mol. The lowest BCUT2D eigenvalue weighted by atomic mass is 9.99. The highest BCUT2D eigenvalue weighted by atomic mass is 32.2. The van der Waals surface area contributed by atoms with Crippen molar-refractivity contribution >= 4 is 32.8 Å². The van der Waals surface area contributed by atoms with Gasteiger partial charge in [0.1, 0.15) is 5.92 Å². The van der Waals surface area contributed by atoms with Crippen LogP contribution in [0.2, 0.25) is 0 Å². The fourth-order valence-corrected chi connectivity index (χ4v) is 2.36. The summed E-state index contributed by atoms with van der Waals surface area (Å²) in [5, 5.41) is 37.6. The number of hydrogen-bond acceptors (Lipinski definition) is 8. The van der Waals surface area contributed by atoms with E-state index >= 15 is 0 Å². The minimum absolute atomic E-state index is 0.0794. The highest BCUT2D eigenvalue weighted by Crippen LogP contribution is 2.15. The van der Waals surface area contributed by atoms with Crippen LogP contribution >= 0.6 is 0 Å². The fourth-order valence-electron chi connectivity index (χ4n) is 1.81. The Morgan fingerprint density at radius 3 is 2.11 bits per heavy atom. The SMILES string of the molecule is O=C(O)C1C=C([N+](=O)[O-])C=CC1=S(=O)=O.O=C(O)c1cccc([N+](=O)[O-])c1. The molecular formula is C14H10N2O10S. The van der Waals surface area contributed by atoms with Crippen molar-refractivity contribution in [1.29, 1.82) is 0 Å². The molecule has 1 unspecified atom stereocenters. The van der Waals surface area contributed by atoms with Crippen molar-refractivity contribution in [2.45, 2.75) is 0 Å². The van der Waals surface area contributed by atoms with Gasteiger partial charge in [-0.2, -0.15) is 8.42 Å². The normalized spacial score (nSPS) is 15.0. The lowest BCUT2D eigenvalue weighted by Gasteiger charge is -2.08. The number of allylic oxidation sites excluding steroid dienone is 2. The molecule has 1 atom stereocenters. The Balaban J connectivity index is 0.000000277. The summed E-state index contributed by atoms with van der Waals surface area (Å²) in [6, 6.07) is 4.89. The number of carboxylic acids is 2. The van der Waals surface area contributed by atoms with Crippen molar-refractivity contribution in [3.63, 3.8) is 0 Å². The van der Waals surface area contributed by atoms with Crippen LogP contribution in [0.1, 0.15) is 10.4 Å². The fraction of sp³-hybridized carbons (Fsp3) is 0.0714. The van der Waals surface area contributed by atoms with Crippen molar-refractivity contribution in [2.24, 2.45) is 5.92 Å². The van der Waals surface area contributed by atoms with Gasteiger partial charge >= 0.3 is 11.9 Å². The minimum Gasteiger partial charge on any atom is -0.481 e. The van der Waals surface area contributed by atoms with Crippen LogP contribution in [0.4, 0.5) is 5.69 Å². The third-order valence-electron chi connectivity index (χ3n) is 3.04. The highest BCUT2D eigenvalue weighted by molar-refractivity contribution is 7.73. The average Bonchev–Trinajstić information content (AvgIpc) is 2.61. The van der Waals surface area contributed by atoms with Crippen LogP contribution in [-0.2, 0) is 15.1 Å². The monoisotopic (exact) mass is 398 g/mol. The molecule has 0 fully saturated rings. The number of hydrogen-bond donors (Lipinski definition) is 2. The third kappa shape index (κ3) is 5.86. The van der Waals surface area contributed by atoms with E-state index < -0.39 is 48.6 Å². The summed E-state index contributed by atoms with van der Waals surface area (Å²) in [7, 11) is -2.70. The maximum Gasteiger partial charge on any atom is 0.335 e. The van der Waals surface area contributed by atoms with Crippen LogP contribution in [0.3, 0.4) is 0 Å². The van der Waals surface area contributed by atoms with Crippen LogP contribution in [0.15, 0.2) is 48.2 Å². The van der Waals surface area contributed by atoms with Crippen LogP contribution in [-0.4, -0.2) is 45.3 Å². The van der Waals surface area contributed by atoms with Gasteiger partial charge in [0.05, 0.1) is 20.3 Å². The second kappa shape index (κ2) is 9.00. The summed E-state index contributed by atoms with van der Waals surface area (Å²) in [6.07, 6.45) is 2.65. The van der Waals surface area contributed by atoms with Gasteiger partial charge in [-0.25, -0.2) is 4.79 Å². The number of rotatable bonds is 4. The number of carboxylic acid groups (broad SMARTS) is 2. The molecule has 2 rings (SSSR count). The molecule has 12 nitrogen and oxygen atoms in total. The molecule has 27 heavy (non-hydrogen) atoms. The van der Waals surface area contributed by atoms with E-state index in [1.165, 1.54) is 18.2 Å². The average molecular weight is 398 g/mol.